The van der Waals surface area contributed by atoms with Gasteiger partial charge in [-0.05, 0) is 74.8 Å². The summed E-state index contributed by atoms with van der Waals surface area (Å²) in [4.78, 5) is 17.7. The Kier molecular flexibility index (Phi) is 7.99. The fourth-order valence-corrected chi connectivity index (χ4v) is 4.88. The Morgan fingerprint density at radius 3 is 3.00 bits per heavy atom. The van der Waals surface area contributed by atoms with Gasteiger partial charge in [0.15, 0.2) is 0 Å². The van der Waals surface area contributed by atoms with Crippen molar-refractivity contribution in [2.24, 2.45) is 0 Å². The molecule has 2 aliphatic heterocycles. The number of carbonyl (C=O) groups excluding carboxylic acids is 1. The highest BCUT2D eigenvalue weighted by atomic mass is 16.5. The van der Waals surface area contributed by atoms with Crippen LogP contribution < -0.4 is 4.74 Å². The molecule has 1 unspecified atom stereocenters. The van der Waals surface area contributed by atoms with E-state index < -0.39 is 0 Å². The van der Waals surface area contributed by atoms with E-state index >= 15 is 0 Å². The number of H-pyrrole nitrogens is 1. The molecule has 0 radical (unpaired) electrons. The van der Waals surface area contributed by atoms with Crippen LogP contribution in [0, 0.1) is 0 Å². The number of aromatic amines is 1. The van der Waals surface area contributed by atoms with Gasteiger partial charge in [-0.25, -0.2) is 0 Å². The Morgan fingerprint density at radius 1 is 1.13 bits per heavy atom. The SMILES string of the molecule is O=C(CCCc1cn[nH]c1)N1CCCOc2cccc(c2)CCC2CCCCN2CC1. The molecule has 1 aromatic carbocycles. The first-order valence-corrected chi connectivity index (χ1v) is 12.0. The van der Waals surface area contributed by atoms with E-state index in [2.05, 4.69) is 38.2 Å². The van der Waals surface area contributed by atoms with Gasteiger partial charge >= 0.3 is 0 Å². The van der Waals surface area contributed by atoms with Crippen LogP contribution in [-0.2, 0) is 17.6 Å². The summed E-state index contributed by atoms with van der Waals surface area (Å²) in [5, 5.41) is 6.83. The van der Waals surface area contributed by atoms with E-state index in [4.69, 9.17) is 4.74 Å². The largest absolute Gasteiger partial charge is 0.494 e. The van der Waals surface area contributed by atoms with Crippen LogP contribution in [0.15, 0.2) is 36.7 Å². The number of aromatic nitrogens is 2. The van der Waals surface area contributed by atoms with Gasteiger partial charge in [0.25, 0.3) is 0 Å². The molecule has 1 fully saturated rings. The van der Waals surface area contributed by atoms with Gasteiger partial charge < -0.3 is 9.64 Å². The number of hydrogen-bond donors (Lipinski definition) is 1. The number of benzene rings is 1. The van der Waals surface area contributed by atoms with Crippen molar-refractivity contribution in [1.82, 2.24) is 20.0 Å². The highest BCUT2D eigenvalue weighted by Gasteiger charge is 2.24. The topological polar surface area (TPSA) is 61.5 Å². The highest BCUT2D eigenvalue weighted by Crippen LogP contribution is 2.23. The molecule has 4 rings (SSSR count). The van der Waals surface area contributed by atoms with E-state index in [-0.39, 0.29) is 5.91 Å². The summed E-state index contributed by atoms with van der Waals surface area (Å²) < 4.78 is 6.00. The summed E-state index contributed by atoms with van der Waals surface area (Å²) in [6, 6.07) is 9.18. The fourth-order valence-electron chi connectivity index (χ4n) is 4.88. The zero-order chi connectivity index (χ0) is 21.3. The van der Waals surface area contributed by atoms with Crippen LogP contribution in [0.5, 0.6) is 5.75 Å². The summed E-state index contributed by atoms with van der Waals surface area (Å²) >= 11 is 0. The van der Waals surface area contributed by atoms with E-state index in [0.717, 1.165) is 57.6 Å². The van der Waals surface area contributed by atoms with Crippen molar-refractivity contribution in [2.75, 3.05) is 32.8 Å². The van der Waals surface area contributed by atoms with Crippen LogP contribution in [0.3, 0.4) is 0 Å². The molecule has 1 atom stereocenters. The molecule has 168 valence electrons. The van der Waals surface area contributed by atoms with Gasteiger partial charge in [0.2, 0.25) is 5.91 Å². The van der Waals surface area contributed by atoms with E-state index in [1.165, 1.54) is 36.8 Å². The molecule has 2 aliphatic rings. The van der Waals surface area contributed by atoms with Crippen molar-refractivity contribution in [3.05, 3.63) is 47.8 Å². The third-order valence-corrected chi connectivity index (χ3v) is 6.68. The number of ether oxygens (including phenoxy) is 1. The first-order chi connectivity index (χ1) is 15.3. The fraction of sp³-hybridized carbons (Fsp3) is 0.600. The lowest BCUT2D eigenvalue weighted by molar-refractivity contribution is -0.131. The normalized spacial score (nSPS) is 21.0. The molecule has 3 heterocycles. The summed E-state index contributed by atoms with van der Waals surface area (Å²) in [5.41, 5.74) is 2.54. The minimum Gasteiger partial charge on any atom is -0.494 e. The number of carbonyl (C=O) groups is 1. The molecule has 1 N–H and O–H groups in total. The third-order valence-electron chi connectivity index (χ3n) is 6.68. The number of nitrogens with one attached hydrogen (secondary N) is 1. The maximum absolute atomic E-state index is 13.0. The van der Waals surface area contributed by atoms with Crippen molar-refractivity contribution in [3.8, 4) is 5.75 Å². The van der Waals surface area contributed by atoms with Gasteiger partial charge in [0.05, 0.1) is 12.8 Å². The molecule has 6 nitrogen and oxygen atoms in total. The number of aryl methyl sites for hydroxylation is 2. The maximum Gasteiger partial charge on any atom is 0.222 e. The zero-order valence-corrected chi connectivity index (χ0v) is 18.6. The summed E-state index contributed by atoms with van der Waals surface area (Å²) in [5.74, 6) is 1.22. The molecular weight excluding hydrogens is 388 g/mol. The highest BCUT2D eigenvalue weighted by molar-refractivity contribution is 5.76. The average molecular weight is 425 g/mol. The number of fused-ring (bicyclic) bond motifs is 3. The Bertz CT molecular complexity index is 808. The lowest BCUT2D eigenvalue weighted by atomic mass is 9.95. The van der Waals surface area contributed by atoms with Crippen LogP contribution >= 0.6 is 0 Å². The van der Waals surface area contributed by atoms with Gasteiger partial charge in [0.1, 0.15) is 5.75 Å². The quantitative estimate of drug-likeness (QED) is 0.810. The first-order valence-electron chi connectivity index (χ1n) is 12.0. The molecule has 1 amide bonds. The van der Waals surface area contributed by atoms with Crippen LogP contribution in [0.25, 0.3) is 0 Å². The Balaban J connectivity index is 1.38. The Hall–Kier alpha value is -2.34. The minimum absolute atomic E-state index is 0.270. The first kappa shape index (κ1) is 21.9. The molecule has 2 aromatic rings. The van der Waals surface area contributed by atoms with E-state index in [1.807, 2.05) is 18.5 Å². The third kappa shape index (κ3) is 6.57. The summed E-state index contributed by atoms with van der Waals surface area (Å²) in [7, 11) is 0. The standard InChI is InChI=1S/C25H36N4O2/c30-25(10-4-7-22-19-26-27-20-22)29-14-5-17-31-24-9-3-6-21(18-24)11-12-23-8-1-2-13-28(23)15-16-29/h3,6,9,18-20,23H,1-2,4-5,7-8,10-17H2,(H,26,27). The number of piperidine rings is 1. The Labute approximate surface area is 186 Å². The molecule has 1 saturated heterocycles. The number of nitrogens with zero attached hydrogens (tertiary/aromatic N) is 3. The molecule has 0 spiro atoms. The van der Waals surface area contributed by atoms with Gasteiger partial charge in [-0.3, -0.25) is 14.8 Å². The minimum atomic E-state index is 0.270. The second-order valence-corrected chi connectivity index (χ2v) is 8.91. The van der Waals surface area contributed by atoms with Crippen molar-refractivity contribution in [1.29, 1.82) is 0 Å². The average Bonchev–Trinajstić information content (AvgIpc) is 3.31. The monoisotopic (exact) mass is 424 g/mol. The van der Waals surface area contributed by atoms with Crippen molar-refractivity contribution < 1.29 is 9.53 Å². The molecule has 1 aromatic heterocycles. The van der Waals surface area contributed by atoms with Gasteiger partial charge in [-0.2, -0.15) is 5.10 Å². The lowest BCUT2D eigenvalue weighted by Crippen LogP contribution is -2.45. The van der Waals surface area contributed by atoms with Crippen molar-refractivity contribution in [3.63, 3.8) is 0 Å². The molecule has 0 aliphatic carbocycles. The van der Waals surface area contributed by atoms with Gasteiger partial charge in [-0.1, -0.05) is 18.6 Å². The summed E-state index contributed by atoms with van der Waals surface area (Å²) in [6.07, 6.45) is 13.1. The van der Waals surface area contributed by atoms with Crippen molar-refractivity contribution in [2.45, 2.75) is 63.8 Å². The molecule has 2 bridgehead atoms. The number of rotatable bonds is 4. The lowest BCUT2D eigenvalue weighted by Gasteiger charge is -2.37. The molecule has 0 saturated carbocycles. The zero-order valence-electron chi connectivity index (χ0n) is 18.6. The number of amides is 1. The molecule has 6 heteroatoms. The van der Waals surface area contributed by atoms with Gasteiger partial charge in [0, 0.05) is 38.3 Å². The predicted molar refractivity (Wildman–Crippen MR) is 122 cm³/mol. The van der Waals surface area contributed by atoms with E-state index in [9.17, 15) is 4.79 Å². The van der Waals surface area contributed by atoms with Crippen LogP contribution in [0.4, 0.5) is 0 Å². The van der Waals surface area contributed by atoms with E-state index in [0.29, 0.717) is 19.1 Å². The predicted octanol–water partition coefficient (Wildman–Crippen LogP) is 3.83. The van der Waals surface area contributed by atoms with Crippen molar-refractivity contribution >= 4 is 5.91 Å². The summed E-state index contributed by atoms with van der Waals surface area (Å²) in [6.45, 7) is 4.39. The van der Waals surface area contributed by atoms with Crippen LogP contribution in [0.1, 0.15) is 56.1 Å². The smallest absolute Gasteiger partial charge is 0.222 e. The van der Waals surface area contributed by atoms with Gasteiger partial charge in [-0.15, -0.1) is 0 Å². The second-order valence-electron chi connectivity index (χ2n) is 8.91. The van der Waals surface area contributed by atoms with Crippen LogP contribution in [0.2, 0.25) is 0 Å². The second kappa shape index (κ2) is 11.3. The molecule has 31 heavy (non-hydrogen) atoms. The Morgan fingerprint density at radius 2 is 2.10 bits per heavy atom. The number of hydrogen-bond acceptors (Lipinski definition) is 4. The van der Waals surface area contributed by atoms with E-state index in [1.54, 1.807) is 0 Å². The molecular formula is C25H36N4O2. The maximum atomic E-state index is 13.0. The van der Waals surface area contributed by atoms with Crippen LogP contribution in [-0.4, -0.2) is 64.7 Å².